The van der Waals surface area contributed by atoms with Crippen molar-refractivity contribution in [1.29, 1.82) is 0 Å². The molecule has 0 radical (unpaired) electrons. The van der Waals surface area contributed by atoms with Crippen molar-refractivity contribution in [3.8, 4) is 11.4 Å². The van der Waals surface area contributed by atoms with E-state index in [0.717, 1.165) is 40.6 Å². The molecule has 0 bridgehead atoms. The second-order valence-electron chi connectivity index (χ2n) is 7.16. The van der Waals surface area contributed by atoms with Crippen LogP contribution in [0.3, 0.4) is 0 Å². The number of halogens is 2. The van der Waals surface area contributed by atoms with E-state index in [-0.39, 0.29) is 0 Å². The van der Waals surface area contributed by atoms with Gasteiger partial charge in [0.05, 0.1) is 16.1 Å². The summed E-state index contributed by atoms with van der Waals surface area (Å²) in [6.45, 7) is 0.984. The number of hydrogen-bond acceptors (Lipinski definition) is 3. The van der Waals surface area contributed by atoms with Gasteiger partial charge in [-0.05, 0) is 61.2 Å². The van der Waals surface area contributed by atoms with Crippen LogP contribution in [0, 0.1) is 5.92 Å². The third-order valence-corrected chi connectivity index (χ3v) is 5.54. The van der Waals surface area contributed by atoms with Gasteiger partial charge in [-0.2, -0.15) is 0 Å². The number of anilines is 2. The number of nitrogens with one attached hydrogen (secondary N) is 1. The first-order valence-electron chi connectivity index (χ1n) is 9.31. The molecule has 5 rings (SSSR count). The Morgan fingerprint density at radius 3 is 2.57 bits per heavy atom. The van der Waals surface area contributed by atoms with Crippen molar-refractivity contribution < 1.29 is 0 Å². The molecule has 2 aromatic heterocycles. The lowest BCUT2D eigenvalue weighted by molar-refractivity contribution is 0.648. The number of para-hydroxylation sites is 2. The lowest BCUT2D eigenvalue weighted by Gasteiger charge is -2.11. The fourth-order valence-electron chi connectivity index (χ4n) is 3.36. The molecule has 28 heavy (non-hydrogen) atoms. The molecule has 2 aromatic carbocycles. The molecule has 6 heteroatoms. The number of pyridine rings is 1. The molecule has 1 saturated carbocycles. The summed E-state index contributed by atoms with van der Waals surface area (Å²) >= 11 is 12.5. The quantitative estimate of drug-likeness (QED) is 0.406. The Bertz CT molecular complexity index is 1150. The predicted molar refractivity (Wildman–Crippen MR) is 115 cm³/mol. The van der Waals surface area contributed by atoms with Crippen LogP contribution in [0.2, 0.25) is 10.0 Å². The zero-order chi connectivity index (χ0) is 19.1. The maximum absolute atomic E-state index is 6.54. The van der Waals surface area contributed by atoms with E-state index < -0.39 is 0 Å². The average Bonchev–Trinajstić information content (AvgIpc) is 3.45. The second-order valence-corrected chi connectivity index (χ2v) is 8.01. The van der Waals surface area contributed by atoms with Gasteiger partial charge in [0.25, 0.3) is 0 Å². The van der Waals surface area contributed by atoms with Gasteiger partial charge in [0.1, 0.15) is 11.6 Å². The maximum atomic E-state index is 6.54. The number of fused-ring (bicyclic) bond motifs is 1. The SMILES string of the molecule is Clc1ccc(Nc2ncc(-c3nc4ccccc4n3CC3CC3)cc2Cl)cc1. The van der Waals surface area contributed by atoms with Gasteiger partial charge in [-0.25, -0.2) is 9.97 Å². The Morgan fingerprint density at radius 1 is 1.04 bits per heavy atom. The highest BCUT2D eigenvalue weighted by molar-refractivity contribution is 6.33. The van der Waals surface area contributed by atoms with Crippen LogP contribution in [0.1, 0.15) is 12.8 Å². The van der Waals surface area contributed by atoms with Crippen LogP contribution in [-0.2, 0) is 6.54 Å². The Kier molecular flexibility index (Phi) is 4.46. The number of rotatable bonds is 5. The van der Waals surface area contributed by atoms with Gasteiger partial charge in [0.15, 0.2) is 0 Å². The summed E-state index contributed by atoms with van der Waals surface area (Å²) < 4.78 is 2.30. The van der Waals surface area contributed by atoms with Crippen LogP contribution in [0.5, 0.6) is 0 Å². The normalized spacial score (nSPS) is 13.8. The van der Waals surface area contributed by atoms with E-state index in [0.29, 0.717) is 15.9 Å². The molecular formula is C22H18Cl2N4. The summed E-state index contributed by atoms with van der Waals surface area (Å²) in [5.74, 6) is 2.27. The van der Waals surface area contributed by atoms with Crippen LogP contribution in [0.15, 0.2) is 60.8 Å². The topological polar surface area (TPSA) is 42.7 Å². The fraction of sp³-hybridized carbons (Fsp3) is 0.182. The Morgan fingerprint density at radius 2 is 1.82 bits per heavy atom. The van der Waals surface area contributed by atoms with Gasteiger partial charge < -0.3 is 9.88 Å². The smallest absolute Gasteiger partial charge is 0.149 e. The third-order valence-electron chi connectivity index (χ3n) is 5.00. The van der Waals surface area contributed by atoms with E-state index in [1.54, 1.807) is 0 Å². The van der Waals surface area contributed by atoms with Crippen LogP contribution >= 0.6 is 23.2 Å². The summed E-state index contributed by atoms with van der Waals surface area (Å²) in [6, 6.07) is 17.6. The number of nitrogens with zero attached hydrogens (tertiary/aromatic N) is 3. The van der Waals surface area contributed by atoms with Crippen LogP contribution in [0.25, 0.3) is 22.4 Å². The van der Waals surface area contributed by atoms with Crippen LogP contribution in [-0.4, -0.2) is 14.5 Å². The molecule has 0 saturated heterocycles. The van der Waals surface area contributed by atoms with Crippen molar-refractivity contribution >= 4 is 45.7 Å². The molecule has 2 heterocycles. The highest BCUT2D eigenvalue weighted by Crippen LogP contribution is 2.35. The molecule has 0 unspecified atom stereocenters. The van der Waals surface area contributed by atoms with Crippen molar-refractivity contribution in [2.24, 2.45) is 5.92 Å². The van der Waals surface area contributed by atoms with E-state index in [1.807, 2.05) is 48.7 Å². The minimum absolute atomic E-state index is 0.553. The first-order chi connectivity index (χ1) is 13.7. The summed E-state index contributed by atoms with van der Waals surface area (Å²) in [6.07, 6.45) is 4.40. The summed E-state index contributed by atoms with van der Waals surface area (Å²) in [7, 11) is 0. The monoisotopic (exact) mass is 408 g/mol. The molecule has 0 atom stereocenters. The molecule has 1 aliphatic rings. The Labute approximate surface area is 173 Å². The van der Waals surface area contributed by atoms with Crippen molar-refractivity contribution in [3.63, 3.8) is 0 Å². The van der Waals surface area contributed by atoms with Gasteiger partial charge >= 0.3 is 0 Å². The molecule has 140 valence electrons. The molecule has 0 amide bonds. The minimum Gasteiger partial charge on any atom is -0.339 e. The van der Waals surface area contributed by atoms with Crippen molar-refractivity contribution in [1.82, 2.24) is 14.5 Å². The minimum atomic E-state index is 0.553. The summed E-state index contributed by atoms with van der Waals surface area (Å²) in [5, 5.41) is 4.48. The fourth-order valence-corrected chi connectivity index (χ4v) is 3.70. The molecule has 4 nitrogen and oxygen atoms in total. The first-order valence-corrected chi connectivity index (χ1v) is 10.1. The van der Waals surface area contributed by atoms with Gasteiger partial charge in [0.2, 0.25) is 0 Å². The lowest BCUT2D eigenvalue weighted by atomic mass is 10.2. The standard InChI is InChI=1S/C22H18Cl2N4/c23-16-7-9-17(10-8-16)26-21-18(24)11-15(12-25-21)22-27-19-3-1-2-4-20(19)28(22)13-14-5-6-14/h1-4,7-12,14H,5-6,13H2,(H,25,26). The highest BCUT2D eigenvalue weighted by Gasteiger charge is 2.25. The Balaban J connectivity index is 1.51. The number of aromatic nitrogens is 3. The van der Waals surface area contributed by atoms with E-state index in [9.17, 15) is 0 Å². The van der Waals surface area contributed by atoms with Crippen molar-refractivity contribution in [2.75, 3.05) is 5.32 Å². The summed E-state index contributed by atoms with van der Waals surface area (Å²) in [5.41, 5.74) is 3.96. The molecule has 4 aromatic rings. The van der Waals surface area contributed by atoms with Crippen LogP contribution < -0.4 is 5.32 Å². The molecule has 1 aliphatic carbocycles. The van der Waals surface area contributed by atoms with E-state index in [1.165, 1.54) is 12.8 Å². The number of imidazole rings is 1. The van der Waals surface area contributed by atoms with E-state index >= 15 is 0 Å². The molecular weight excluding hydrogens is 391 g/mol. The molecule has 0 aliphatic heterocycles. The highest BCUT2D eigenvalue weighted by atomic mass is 35.5. The zero-order valence-electron chi connectivity index (χ0n) is 15.1. The first kappa shape index (κ1) is 17.5. The predicted octanol–water partition coefficient (Wildman–Crippen LogP) is 6.56. The molecule has 0 spiro atoms. The van der Waals surface area contributed by atoms with Crippen molar-refractivity contribution in [3.05, 3.63) is 70.8 Å². The van der Waals surface area contributed by atoms with E-state index in [2.05, 4.69) is 27.0 Å². The van der Waals surface area contributed by atoms with Crippen LogP contribution in [0.4, 0.5) is 11.5 Å². The molecule has 1 N–H and O–H groups in total. The Hall–Kier alpha value is -2.56. The lowest BCUT2D eigenvalue weighted by Crippen LogP contribution is -2.03. The summed E-state index contributed by atoms with van der Waals surface area (Å²) in [4.78, 5) is 9.41. The van der Waals surface area contributed by atoms with Gasteiger partial charge in [0, 0.05) is 29.0 Å². The van der Waals surface area contributed by atoms with Crippen molar-refractivity contribution in [2.45, 2.75) is 19.4 Å². The zero-order valence-corrected chi connectivity index (χ0v) is 16.6. The third kappa shape index (κ3) is 3.46. The van der Waals surface area contributed by atoms with Gasteiger partial charge in [-0.1, -0.05) is 35.3 Å². The second kappa shape index (κ2) is 7.12. The number of benzene rings is 2. The van der Waals surface area contributed by atoms with Gasteiger partial charge in [-0.15, -0.1) is 0 Å². The largest absolute Gasteiger partial charge is 0.339 e. The number of hydrogen-bond donors (Lipinski definition) is 1. The maximum Gasteiger partial charge on any atom is 0.149 e. The van der Waals surface area contributed by atoms with E-state index in [4.69, 9.17) is 28.2 Å². The molecule has 1 fully saturated rings. The van der Waals surface area contributed by atoms with Gasteiger partial charge in [-0.3, -0.25) is 0 Å². The average molecular weight is 409 g/mol.